The van der Waals surface area contributed by atoms with Crippen LogP contribution < -0.4 is 10.7 Å². The summed E-state index contributed by atoms with van der Waals surface area (Å²) in [4.78, 5) is 47.9. The van der Waals surface area contributed by atoms with Crippen molar-refractivity contribution >= 4 is 29.4 Å². The molecule has 4 aliphatic rings. The Morgan fingerprint density at radius 2 is 1.77 bits per heavy atom. The van der Waals surface area contributed by atoms with E-state index in [1.165, 1.54) is 9.91 Å². The number of phenolic OH excluding ortho intramolecular Hbond substituents is 1. The fourth-order valence-electron chi connectivity index (χ4n) is 6.27. The van der Waals surface area contributed by atoms with E-state index in [1.54, 1.807) is 11.8 Å². The van der Waals surface area contributed by atoms with Gasteiger partial charge in [0.25, 0.3) is 11.8 Å². The SMILES string of the molecule is CC1=C(C2CCN(C(=O)c3c(F)ccc(F)c3O)CC2)C(=O)N2NC(C3=CCOCC3)N=C2N1CC(=O)Nc1ccc(C(F)(F)F)cc1. The first-order valence-corrected chi connectivity index (χ1v) is 15.2. The molecule has 1 atom stereocenters. The predicted octanol–water partition coefficient (Wildman–Crippen LogP) is 4.15. The van der Waals surface area contributed by atoms with Gasteiger partial charge in [-0.05, 0) is 74.1 Å². The number of carbonyl (C=O) groups is 3. The van der Waals surface area contributed by atoms with Crippen molar-refractivity contribution < 1.29 is 46.2 Å². The minimum Gasteiger partial charge on any atom is -0.504 e. The van der Waals surface area contributed by atoms with E-state index >= 15 is 0 Å². The number of hydrazine groups is 1. The Balaban J connectivity index is 1.24. The van der Waals surface area contributed by atoms with Crippen LogP contribution in [0, 0.1) is 17.6 Å². The van der Waals surface area contributed by atoms with Crippen LogP contribution in [-0.2, 0) is 20.5 Å². The third-order valence-corrected chi connectivity index (χ3v) is 8.80. The lowest BCUT2D eigenvalue weighted by Gasteiger charge is -2.40. The average Bonchev–Trinajstić information content (AvgIpc) is 3.52. The molecule has 16 heteroatoms. The number of carbonyl (C=O) groups excluding carboxylic acids is 3. The highest BCUT2D eigenvalue weighted by Crippen LogP contribution is 2.36. The van der Waals surface area contributed by atoms with E-state index in [2.05, 4.69) is 10.7 Å². The molecule has 6 rings (SSSR count). The van der Waals surface area contributed by atoms with Crippen LogP contribution in [0.1, 0.15) is 42.1 Å². The average molecular weight is 675 g/mol. The molecule has 3 N–H and O–H groups in total. The van der Waals surface area contributed by atoms with Crippen LogP contribution in [0.5, 0.6) is 5.75 Å². The smallest absolute Gasteiger partial charge is 0.416 e. The van der Waals surface area contributed by atoms with Gasteiger partial charge in [0.1, 0.15) is 24.1 Å². The van der Waals surface area contributed by atoms with Crippen LogP contribution in [0.2, 0.25) is 0 Å². The summed E-state index contributed by atoms with van der Waals surface area (Å²) in [5.74, 6) is -5.35. The van der Waals surface area contributed by atoms with Crippen molar-refractivity contribution in [3.63, 3.8) is 0 Å². The zero-order chi connectivity index (χ0) is 34.3. The van der Waals surface area contributed by atoms with Gasteiger partial charge in [-0.3, -0.25) is 14.4 Å². The van der Waals surface area contributed by atoms with Gasteiger partial charge in [0.2, 0.25) is 11.9 Å². The van der Waals surface area contributed by atoms with E-state index in [1.807, 2.05) is 6.08 Å². The molecule has 1 unspecified atom stereocenters. The van der Waals surface area contributed by atoms with Gasteiger partial charge in [-0.15, -0.1) is 0 Å². The fraction of sp³-hybridized carbons (Fsp3) is 0.375. The predicted molar refractivity (Wildman–Crippen MR) is 161 cm³/mol. The summed E-state index contributed by atoms with van der Waals surface area (Å²) >= 11 is 0. The van der Waals surface area contributed by atoms with Crippen LogP contribution in [0.25, 0.3) is 0 Å². The van der Waals surface area contributed by atoms with E-state index in [4.69, 9.17) is 9.73 Å². The Bertz CT molecular complexity index is 1730. The van der Waals surface area contributed by atoms with E-state index in [0.717, 1.165) is 42.0 Å². The minimum atomic E-state index is -4.53. The Kier molecular flexibility index (Phi) is 8.96. The van der Waals surface area contributed by atoms with Gasteiger partial charge in [-0.25, -0.2) is 18.8 Å². The standard InChI is InChI=1S/C32H31F5N6O5/c1-17-25(18-8-12-41(13-9-18)29(46)26-22(33)6-7-23(34)27(26)45)30(47)43-31(39-28(40-43)19-10-14-48-15-11-19)42(17)16-24(44)38-21-4-2-20(3-5-21)32(35,36)37/h2-7,10,18,28,40,45H,8-9,11-16H2,1H3,(H,38,44). The second kappa shape index (κ2) is 13.0. The number of nitrogens with zero attached hydrogens (tertiary/aromatic N) is 4. The van der Waals surface area contributed by atoms with Crippen molar-refractivity contribution in [1.82, 2.24) is 20.2 Å². The van der Waals surface area contributed by atoms with Crippen molar-refractivity contribution in [2.45, 2.75) is 38.5 Å². The van der Waals surface area contributed by atoms with Gasteiger partial charge in [0.05, 0.1) is 18.8 Å². The summed E-state index contributed by atoms with van der Waals surface area (Å²) < 4.78 is 72.7. The normalized spacial score (nSPS) is 20.5. The first-order valence-electron chi connectivity index (χ1n) is 15.2. The molecule has 2 aromatic rings. The Morgan fingerprint density at radius 3 is 2.42 bits per heavy atom. The van der Waals surface area contributed by atoms with Gasteiger partial charge in [-0.1, -0.05) is 6.08 Å². The van der Waals surface area contributed by atoms with Crippen LogP contribution in [0.4, 0.5) is 27.6 Å². The number of aromatic hydroxyl groups is 1. The fourth-order valence-corrected chi connectivity index (χ4v) is 6.27. The molecule has 0 aliphatic carbocycles. The summed E-state index contributed by atoms with van der Waals surface area (Å²) in [5.41, 5.74) is 3.32. The van der Waals surface area contributed by atoms with E-state index < -0.39 is 64.5 Å². The maximum absolute atomic E-state index is 14.4. The van der Waals surface area contributed by atoms with Gasteiger partial charge in [-0.2, -0.15) is 18.6 Å². The highest BCUT2D eigenvalue weighted by Gasteiger charge is 2.45. The number of hydrogen-bond acceptors (Lipinski definition) is 8. The molecule has 11 nitrogen and oxygen atoms in total. The van der Waals surface area contributed by atoms with Gasteiger partial charge >= 0.3 is 6.18 Å². The number of aliphatic imine (C=N–C) groups is 1. The van der Waals surface area contributed by atoms with Crippen LogP contribution in [0.15, 0.2) is 64.3 Å². The second-order valence-corrected chi connectivity index (χ2v) is 11.7. The molecule has 0 aromatic heterocycles. The zero-order valence-electron chi connectivity index (χ0n) is 25.6. The summed E-state index contributed by atoms with van der Waals surface area (Å²) in [7, 11) is 0. The largest absolute Gasteiger partial charge is 0.504 e. The molecule has 3 amide bonds. The van der Waals surface area contributed by atoms with Crippen LogP contribution in [0.3, 0.4) is 0 Å². The molecule has 0 radical (unpaired) electrons. The Morgan fingerprint density at radius 1 is 1.08 bits per heavy atom. The number of phenols is 1. The van der Waals surface area contributed by atoms with E-state index in [-0.39, 0.29) is 44.1 Å². The number of guanidine groups is 1. The Hall–Kier alpha value is -4.83. The number of hydrogen-bond donors (Lipinski definition) is 3. The zero-order valence-corrected chi connectivity index (χ0v) is 25.6. The lowest BCUT2D eigenvalue weighted by Crippen LogP contribution is -2.57. The monoisotopic (exact) mass is 674 g/mol. The molecule has 254 valence electrons. The number of benzene rings is 2. The number of alkyl halides is 3. The molecule has 0 saturated carbocycles. The van der Waals surface area contributed by atoms with Crippen molar-refractivity contribution in [2.24, 2.45) is 10.9 Å². The van der Waals surface area contributed by atoms with E-state index in [0.29, 0.717) is 30.9 Å². The van der Waals surface area contributed by atoms with Crippen molar-refractivity contribution in [3.8, 4) is 5.75 Å². The topological polar surface area (TPSA) is 127 Å². The number of halogens is 5. The second-order valence-electron chi connectivity index (χ2n) is 11.7. The molecule has 0 bridgehead atoms. The number of fused-ring (bicyclic) bond motifs is 1. The number of amides is 3. The molecule has 2 aromatic carbocycles. The molecule has 1 saturated heterocycles. The van der Waals surface area contributed by atoms with Crippen LogP contribution in [-0.4, -0.2) is 82.6 Å². The number of anilines is 1. The first kappa shape index (κ1) is 33.1. The van der Waals surface area contributed by atoms with Gasteiger partial charge in [0, 0.05) is 30.0 Å². The third kappa shape index (κ3) is 6.36. The highest BCUT2D eigenvalue weighted by atomic mass is 19.4. The summed E-state index contributed by atoms with van der Waals surface area (Å²) in [5, 5.41) is 13.9. The van der Waals surface area contributed by atoms with Gasteiger partial charge < -0.3 is 25.0 Å². The third-order valence-electron chi connectivity index (χ3n) is 8.80. The number of ether oxygens (including phenoxy) is 1. The lowest BCUT2D eigenvalue weighted by molar-refractivity contribution is -0.137. The van der Waals surface area contributed by atoms with Crippen molar-refractivity contribution in [2.75, 3.05) is 38.2 Å². The molecule has 48 heavy (non-hydrogen) atoms. The number of rotatable bonds is 6. The molecule has 0 spiro atoms. The molecule has 1 fully saturated rings. The van der Waals surface area contributed by atoms with E-state index in [9.17, 15) is 41.4 Å². The summed E-state index contributed by atoms with van der Waals surface area (Å²) in [6, 6.07) is 5.50. The minimum absolute atomic E-state index is 0.0707. The summed E-state index contributed by atoms with van der Waals surface area (Å²) in [6.45, 7) is 2.33. The summed E-state index contributed by atoms with van der Waals surface area (Å²) in [6.07, 6.45) is -2.18. The molecule has 4 aliphatic heterocycles. The molecular formula is C32H31F5N6O5. The first-order chi connectivity index (χ1) is 22.8. The Labute approximate surface area is 271 Å². The number of likely N-dealkylation sites (tertiary alicyclic amines) is 1. The number of nitrogens with one attached hydrogen (secondary N) is 2. The molecule has 4 heterocycles. The maximum Gasteiger partial charge on any atom is 0.416 e. The van der Waals surface area contributed by atoms with Crippen molar-refractivity contribution in [1.29, 1.82) is 0 Å². The van der Waals surface area contributed by atoms with Gasteiger partial charge in [0.15, 0.2) is 11.6 Å². The number of piperidine rings is 1. The highest BCUT2D eigenvalue weighted by molar-refractivity contribution is 6.11. The quantitative estimate of drug-likeness (QED) is 0.311. The van der Waals surface area contributed by atoms with Crippen LogP contribution >= 0.6 is 0 Å². The number of allylic oxidation sites excluding steroid dienone is 1. The molecular weight excluding hydrogens is 643 g/mol. The lowest BCUT2D eigenvalue weighted by atomic mass is 9.86. The maximum atomic E-state index is 14.4. The van der Waals surface area contributed by atoms with Crippen molar-refractivity contribution in [3.05, 3.63) is 82.1 Å².